The summed E-state index contributed by atoms with van der Waals surface area (Å²) in [7, 11) is 8.45. The molecule has 11 heteroatoms. The van der Waals surface area contributed by atoms with E-state index in [0.29, 0.717) is 25.2 Å². The summed E-state index contributed by atoms with van der Waals surface area (Å²) in [5.41, 5.74) is 0. The van der Waals surface area contributed by atoms with Gasteiger partial charge in [0.2, 0.25) is 0 Å². The lowest BCUT2D eigenvalue weighted by Crippen LogP contribution is -2.44. The number of nitrogens with zero attached hydrogens (tertiary/aromatic N) is 1. The van der Waals surface area contributed by atoms with Gasteiger partial charge in [-0.1, -0.05) is 77.2 Å². The van der Waals surface area contributed by atoms with Crippen LogP contribution in [0.15, 0.2) is 48.6 Å². The maximum atomic E-state index is 13.3. The van der Waals surface area contributed by atoms with Gasteiger partial charge in [0.15, 0.2) is 0 Å². The Kier molecular flexibility index (Phi) is 23.4. The van der Waals surface area contributed by atoms with Crippen LogP contribution >= 0.6 is 0 Å². The molecule has 0 aromatic heterocycles. The van der Waals surface area contributed by atoms with E-state index < -0.39 is 60.2 Å². The number of hydrogen-bond acceptors (Lipinski definition) is 11. The second-order valence-corrected chi connectivity index (χ2v) is 14.5. The van der Waals surface area contributed by atoms with E-state index in [-0.39, 0.29) is 31.3 Å². The Morgan fingerprint density at radius 1 is 0.961 bits per heavy atom. The van der Waals surface area contributed by atoms with Crippen LogP contribution in [0.25, 0.3) is 0 Å². The van der Waals surface area contributed by atoms with Crippen LogP contribution in [0.2, 0.25) is 0 Å². The van der Waals surface area contributed by atoms with Crippen molar-refractivity contribution in [1.29, 1.82) is 0 Å². The number of carbonyl (C=O) groups is 2. The van der Waals surface area contributed by atoms with Crippen molar-refractivity contribution in [3.05, 3.63) is 48.6 Å². The molecule has 51 heavy (non-hydrogen) atoms. The van der Waals surface area contributed by atoms with Crippen LogP contribution in [0.4, 0.5) is 0 Å². The Morgan fingerprint density at radius 2 is 1.61 bits per heavy atom. The van der Waals surface area contributed by atoms with E-state index in [9.17, 15) is 24.9 Å². The van der Waals surface area contributed by atoms with Gasteiger partial charge in [0.25, 0.3) is 0 Å². The van der Waals surface area contributed by atoms with Crippen molar-refractivity contribution in [2.75, 3.05) is 48.6 Å². The fraction of sp³-hybridized carbons (Fsp3) is 0.750. The quantitative estimate of drug-likeness (QED) is 0.198. The number of allylic oxidation sites excluding steroid dienone is 3. The number of aliphatic hydroxyl groups is 3. The molecule has 1 aliphatic heterocycles. The SMILES string of the molecule is COCC(C(=O)O[C@@H]1C/C=C/C=C/C(=O)O[C@H]([C@@H](C)[C@@H](O)[C@@H](C)CO)C/C=C/[C@H](OC)C[C@H](C)C/C=C/[C@@H](OC)CC[C@@H](C)[C@@H](O)[C@@H]1C)N(C)C. The van der Waals surface area contributed by atoms with Gasteiger partial charge in [0.1, 0.15) is 18.2 Å². The van der Waals surface area contributed by atoms with Crippen LogP contribution in [0.3, 0.4) is 0 Å². The molecule has 0 aromatic rings. The minimum absolute atomic E-state index is 0.0949. The molecule has 0 saturated carbocycles. The summed E-state index contributed by atoms with van der Waals surface area (Å²) in [6.45, 7) is 9.57. The summed E-state index contributed by atoms with van der Waals surface area (Å²) in [6.07, 6.45) is 15.0. The molecule has 3 N–H and O–H groups in total. The topological polar surface area (TPSA) is 144 Å². The summed E-state index contributed by atoms with van der Waals surface area (Å²) >= 11 is 0. The molecule has 1 heterocycles. The van der Waals surface area contributed by atoms with Crippen LogP contribution in [-0.4, -0.2) is 123 Å². The molecular weight excluding hydrogens is 654 g/mol. The summed E-state index contributed by atoms with van der Waals surface area (Å²) in [5.74, 6) is -2.03. The van der Waals surface area contributed by atoms with E-state index in [4.69, 9.17) is 23.7 Å². The molecule has 0 bridgehead atoms. The summed E-state index contributed by atoms with van der Waals surface area (Å²) in [4.78, 5) is 27.9. The molecule has 1 unspecified atom stereocenters. The smallest absolute Gasteiger partial charge is 0.331 e. The van der Waals surface area contributed by atoms with Crippen LogP contribution in [0.5, 0.6) is 0 Å². The van der Waals surface area contributed by atoms with Crippen molar-refractivity contribution in [2.24, 2.45) is 29.6 Å². The first kappa shape index (κ1) is 46.6. The van der Waals surface area contributed by atoms with Crippen molar-refractivity contribution in [3.8, 4) is 0 Å². The Bertz CT molecular complexity index is 1090. The maximum Gasteiger partial charge on any atom is 0.331 e. The summed E-state index contributed by atoms with van der Waals surface area (Å²) in [5, 5.41) is 31.9. The highest BCUT2D eigenvalue weighted by Gasteiger charge is 2.33. The first-order valence-electron chi connectivity index (χ1n) is 18.5. The molecule has 294 valence electrons. The largest absolute Gasteiger partial charge is 0.460 e. The van der Waals surface area contributed by atoms with E-state index in [2.05, 4.69) is 19.1 Å². The predicted octanol–water partition coefficient (Wildman–Crippen LogP) is 4.89. The lowest BCUT2D eigenvalue weighted by molar-refractivity contribution is -0.161. The monoisotopic (exact) mass is 723 g/mol. The van der Waals surface area contributed by atoms with Gasteiger partial charge in [-0.15, -0.1) is 0 Å². The number of esters is 2. The molecular formula is C40H69NO10. The Balaban J connectivity index is 3.42. The van der Waals surface area contributed by atoms with Gasteiger partial charge in [-0.05, 0) is 51.6 Å². The number of carbonyl (C=O) groups excluding carboxylic acids is 2. The van der Waals surface area contributed by atoms with Crippen LogP contribution in [0, 0.1) is 29.6 Å². The zero-order valence-electron chi connectivity index (χ0n) is 32.9. The second-order valence-electron chi connectivity index (χ2n) is 14.5. The fourth-order valence-electron chi connectivity index (χ4n) is 6.22. The van der Waals surface area contributed by atoms with Crippen LogP contribution in [-0.2, 0) is 33.3 Å². The first-order chi connectivity index (χ1) is 24.2. The van der Waals surface area contributed by atoms with Crippen molar-refractivity contribution in [1.82, 2.24) is 4.90 Å². The number of cyclic esters (lactones) is 1. The molecule has 12 atom stereocenters. The number of hydrogen-bond donors (Lipinski definition) is 3. The molecule has 0 spiro atoms. The minimum Gasteiger partial charge on any atom is -0.460 e. The lowest BCUT2D eigenvalue weighted by atomic mass is 9.85. The van der Waals surface area contributed by atoms with E-state index in [1.165, 1.54) is 13.2 Å². The third-order valence-corrected chi connectivity index (χ3v) is 10.1. The number of likely N-dealkylation sites (N-methyl/N-ethyl adjacent to an activating group) is 1. The van der Waals surface area contributed by atoms with Gasteiger partial charge in [0, 0.05) is 64.6 Å². The molecule has 0 amide bonds. The highest BCUT2D eigenvalue weighted by Crippen LogP contribution is 2.27. The number of aliphatic hydroxyl groups excluding tert-OH is 3. The first-order valence-corrected chi connectivity index (χ1v) is 18.5. The second kappa shape index (κ2) is 25.6. The van der Waals surface area contributed by atoms with Crippen molar-refractivity contribution in [3.63, 3.8) is 0 Å². The Labute approximate surface area is 307 Å². The Hall–Kier alpha value is -2.38. The van der Waals surface area contributed by atoms with Gasteiger partial charge >= 0.3 is 11.9 Å². The van der Waals surface area contributed by atoms with E-state index in [1.54, 1.807) is 58.4 Å². The average molecular weight is 724 g/mol. The third-order valence-electron chi connectivity index (χ3n) is 10.1. The van der Waals surface area contributed by atoms with E-state index >= 15 is 0 Å². The predicted molar refractivity (Wildman–Crippen MR) is 200 cm³/mol. The zero-order chi connectivity index (χ0) is 38.5. The number of ether oxygens (including phenoxy) is 5. The fourth-order valence-corrected chi connectivity index (χ4v) is 6.22. The van der Waals surface area contributed by atoms with Crippen molar-refractivity contribution >= 4 is 11.9 Å². The summed E-state index contributed by atoms with van der Waals surface area (Å²) < 4.78 is 28.6. The summed E-state index contributed by atoms with van der Waals surface area (Å²) in [6, 6.07) is -0.611. The van der Waals surface area contributed by atoms with Gasteiger partial charge in [0.05, 0.1) is 31.0 Å². The van der Waals surface area contributed by atoms with Gasteiger partial charge < -0.3 is 39.0 Å². The molecule has 1 rings (SSSR count). The lowest BCUT2D eigenvalue weighted by Gasteiger charge is -2.32. The Morgan fingerprint density at radius 3 is 2.22 bits per heavy atom. The highest BCUT2D eigenvalue weighted by atomic mass is 16.6. The molecule has 0 saturated heterocycles. The van der Waals surface area contributed by atoms with Crippen molar-refractivity contribution in [2.45, 2.75) is 116 Å². The zero-order valence-corrected chi connectivity index (χ0v) is 32.9. The van der Waals surface area contributed by atoms with Gasteiger partial charge in [-0.25, -0.2) is 4.79 Å². The van der Waals surface area contributed by atoms with Crippen LogP contribution in [0.1, 0.15) is 73.1 Å². The van der Waals surface area contributed by atoms with Gasteiger partial charge in [-0.3, -0.25) is 9.69 Å². The minimum atomic E-state index is -0.881. The number of methoxy groups -OCH3 is 3. The standard InChI is InChI=1S/C40H69NO10/c1-27-16-14-17-32(48-9)23-22-28(2)38(44)31(5)36(51-40(46)34(26-47-8)41(6)7)19-12-11-13-21-37(43)50-35(20-15-18-33(24-27)49-10)30(4)39(45)29(3)25-42/h11-15,17-18,21,27-36,38-39,42,44-45H,16,19-20,22-26H2,1-10H3/b12-11+,17-14+,18-15+,21-13+/t27-,28-,29+,30-,31-,32-,33+,34?,35+,36-,38-,39+/m1/s1. The molecule has 0 fully saturated rings. The van der Waals surface area contributed by atoms with Crippen LogP contribution < -0.4 is 0 Å². The number of rotatable bonds is 11. The molecule has 11 nitrogen and oxygen atoms in total. The molecule has 0 radical (unpaired) electrons. The molecule has 1 aliphatic rings. The third kappa shape index (κ3) is 17.3. The average Bonchev–Trinajstić information content (AvgIpc) is 3.11. The molecule has 0 aliphatic carbocycles. The van der Waals surface area contributed by atoms with Gasteiger partial charge in [-0.2, -0.15) is 0 Å². The van der Waals surface area contributed by atoms with Crippen molar-refractivity contribution < 1.29 is 48.6 Å². The van der Waals surface area contributed by atoms with E-state index in [0.717, 1.165) is 19.3 Å². The highest BCUT2D eigenvalue weighted by molar-refractivity contribution is 5.82. The normalized spacial score (nSPS) is 33.1. The maximum absolute atomic E-state index is 13.3. The molecule has 0 aromatic carbocycles. The van der Waals surface area contributed by atoms with E-state index in [1.807, 2.05) is 32.9 Å².